The van der Waals surface area contributed by atoms with Crippen LogP contribution in [-0.2, 0) is 6.54 Å². The van der Waals surface area contributed by atoms with Crippen LogP contribution < -0.4 is 0 Å². The summed E-state index contributed by atoms with van der Waals surface area (Å²) in [7, 11) is 0. The Bertz CT molecular complexity index is 678. The first-order valence-corrected chi connectivity index (χ1v) is 9.56. The minimum atomic E-state index is 0.131. The number of hydrogen-bond acceptors (Lipinski definition) is 4. The van der Waals surface area contributed by atoms with Crippen molar-refractivity contribution in [2.75, 3.05) is 26.2 Å². The van der Waals surface area contributed by atoms with Gasteiger partial charge in [0.2, 0.25) is 0 Å². The number of thiophene rings is 1. The Kier molecular flexibility index (Phi) is 4.37. The third-order valence-electron chi connectivity index (χ3n) is 5.50. The van der Waals surface area contributed by atoms with E-state index in [1.165, 1.54) is 24.4 Å². The molecule has 0 N–H and O–H groups in total. The first-order chi connectivity index (χ1) is 11.7. The van der Waals surface area contributed by atoms with E-state index in [4.69, 9.17) is 0 Å². The molecule has 0 bridgehead atoms. The number of nitrogens with zero attached hydrogens (tertiary/aromatic N) is 3. The van der Waals surface area contributed by atoms with E-state index in [0.29, 0.717) is 11.0 Å². The lowest BCUT2D eigenvalue weighted by Gasteiger charge is -2.39. The van der Waals surface area contributed by atoms with Gasteiger partial charge in [0.25, 0.3) is 5.91 Å². The van der Waals surface area contributed by atoms with Crippen LogP contribution in [0.25, 0.3) is 0 Å². The lowest BCUT2D eigenvalue weighted by Crippen LogP contribution is -2.44. The number of likely N-dealkylation sites (tertiary alicyclic amines) is 2. The fraction of sp³-hybridized carbons (Fsp3) is 0.474. The topological polar surface area (TPSA) is 36.4 Å². The van der Waals surface area contributed by atoms with Crippen molar-refractivity contribution < 1.29 is 4.79 Å². The van der Waals surface area contributed by atoms with E-state index in [-0.39, 0.29) is 5.91 Å². The number of piperidine rings is 1. The van der Waals surface area contributed by atoms with Crippen LogP contribution in [0, 0.1) is 5.41 Å². The molecule has 0 saturated carbocycles. The van der Waals surface area contributed by atoms with Gasteiger partial charge in [0.1, 0.15) is 0 Å². The summed E-state index contributed by atoms with van der Waals surface area (Å²) in [5, 5.41) is 2.16. The minimum absolute atomic E-state index is 0.131. The minimum Gasteiger partial charge on any atom is -0.339 e. The molecule has 2 aromatic heterocycles. The van der Waals surface area contributed by atoms with Gasteiger partial charge in [-0.2, -0.15) is 0 Å². The normalized spacial score (nSPS) is 20.6. The summed E-state index contributed by atoms with van der Waals surface area (Å²) in [5.74, 6) is 0.131. The molecular formula is C19H23N3OS. The second-order valence-electron chi connectivity index (χ2n) is 7.07. The molecule has 1 spiro atoms. The average Bonchev–Trinajstić information content (AvgIpc) is 3.27. The summed E-state index contributed by atoms with van der Waals surface area (Å²) in [5.41, 5.74) is 1.13. The maximum absolute atomic E-state index is 12.6. The lowest BCUT2D eigenvalue weighted by atomic mass is 9.77. The summed E-state index contributed by atoms with van der Waals surface area (Å²) < 4.78 is 0. The van der Waals surface area contributed by atoms with E-state index < -0.39 is 0 Å². The van der Waals surface area contributed by atoms with E-state index in [9.17, 15) is 4.79 Å². The van der Waals surface area contributed by atoms with Gasteiger partial charge in [0.05, 0.1) is 5.56 Å². The van der Waals surface area contributed by atoms with Crippen LogP contribution in [0.1, 0.15) is 34.5 Å². The van der Waals surface area contributed by atoms with Crippen LogP contribution >= 0.6 is 11.3 Å². The third kappa shape index (κ3) is 3.23. The summed E-state index contributed by atoms with van der Waals surface area (Å²) in [6, 6.07) is 8.05. The number of aromatic nitrogens is 1. The molecule has 2 fully saturated rings. The van der Waals surface area contributed by atoms with Gasteiger partial charge in [0.15, 0.2) is 0 Å². The first-order valence-electron chi connectivity index (χ1n) is 8.68. The van der Waals surface area contributed by atoms with Crippen LogP contribution in [0.2, 0.25) is 0 Å². The smallest absolute Gasteiger partial charge is 0.255 e. The van der Waals surface area contributed by atoms with Crippen LogP contribution in [0.3, 0.4) is 0 Å². The Hall–Kier alpha value is -1.72. The monoisotopic (exact) mass is 341 g/mol. The van der Waals surface area contributed by atoms with Crippen molar-refractivity contribution in [3.05, 3.63) is 52.5 Å². The summed E-state index contributed by atoms with van der Waals surface area (Å²) in [4.78, 5) is 22.7. The Labute approximate surface area is 147 Å². The highest BCUT2D eigenvalue weighted by atomic mass is 32.1. The Morgan fingerprint density at radius 3 is 2.71 bits per heavy atom. The predicted molar refractivity (Wildman–Crippen MR) is 96.0 cm³/mol. The molecule has 0 atom stereocenters. The van der Waals surface area contributed by atoms with Gasteiger partial charge >= 0.3 is 0 Å². The van der Waals surface area contributed by atoms with Gasteiger partial charge in [-0.25, -0.2) is 0 Å². The highest BCUT2D eigenvalue weighted by molar-refractivity contribution is 7.09. The molecule has 4 heterocycles. The average molecular weight is 341 g/mol. The number of rotatable bonds is 3. The Balaban J connectivity index is 1.34. The van der Waals surface area contributed by atoms with Gasteiger partial charge in [-0.15, -0.1) is 11.3 Å². The van der Waals surface area contributed by atoms with Crippen molar-refractivity contribution in [2.45, 2.75) is 25.8 Å². The molecule has 5 heteroatoms. The maximum Gasteiger partial charge on any atom is 0.255 e. The van der Waals surface area contributed by atoms with Crippen molar-refractivity contribution in [3.8, 4) is 0 Å². The number of carbonyl (C=O) groups is 1. The highest BCUT2D eigenvalue weighted by Crippen LogP contribution is 2.41. The number of pyridine rings is 1. The quantitative estimate of drug-likeness (QED) is 0.860. The SMILES string of the molecule is O=C(c1cccnc1)N1CCC2(CCN(Cc3cccs3)C2)CC1. The van der Waals surface area contributed by atoms with E-state index in [2.05, 4.69) is 27.4 Å². The van der Waals surface area contributed by atoms with Crippen molar-refractivity contribution in [3.63, 3.8) is 0 Å². The van der Waals surface area contributed by atoms with Gasteiger partial charge in [-0.1, -0.05) is 6.07 Å². The Morgan fingerprint density at radius 2 is 2.00 bits per heavy atom. The second-order valence-corrected chi connectivity index (χ2v) is 8.11. The fourth-order valence-corrected chi connectivity index (χ4v) is 4.80. The molecular weight excluding hydrogens is 318 g/mol. The molecule has 2 saturated heterocycles. The van der Waals surface area contributed by atoms with E-state index in [0.717, 1.165) is 32.5 Å². The standard InChI is InChI=1S/C19H23N3OS/c23-18(16-3-1-8-20-13-16)22-10-6-19(7-11-22)5-9-21(15-19)14-17-4-2-12-24-17/h1-4,8,12-13H,5-7,9-11,14-15H2. The largest absolute Gasteiger partial charge is 0.339 e. The molecule has 2 aliphatic heterocycles. The van der Waals surface area contributed by atoms with E-state index in [1.54, 1.807) is 12.4 Å². The third-order valence-corrected chi connectivity index (χ3v) is 6.36. The zero-order chi connectivity index (χ0) is 16.4. The van der Waals surface area contributed by atoms with Crippen LogP contribution in [0.5, 0.6) is 0 Å². The van der Waals surface area contributed by atoms with Crippen LogP contribution in [-0.4, -0.2) is 46.9 Å². The van der Waals surface area contributed by atoms with Crippen LogP contribution in [0.15, 0.2) is 42.0 Å². The lowest BCUT2D eigenvalue weighted by molar-refractivity contribution is 0.0587. The van der Waals surface area contributed by atoms with Crippen molar-refractivity contribution in [1.82, 2.24) is 14.8 Å². The van der Waals surface area contributed by atoms with Crippen molar-refractivity contribution in [1.29, 1.82) is 0 Å². The number of carbonyl (C=O) groups excluding carboxylic acids is 1. The van der Waals surface area contributed by atoms with Gasteiger partial charge in [-0.05, 0) is 54.8 Å². The Morgan fingerprint density at radius 1 is 1.17 bits per heavy atom. The maximum atomic E-state index is 12.6. The van der Waals surface area contributed by atoms with Crippen molar-refractivity contribution in [2.24, 2.45) is 5.41 Å². The molecule has 0 aromatic carbocycles. The van der Waals surface area contributed by atoms with Gasteiger partial charge in [0, 0.05) is 43.4 Å². The summed E-state index contributed by atoms with van der Waals surface area (Å²) in [6.45, 7) is 5.20. The number of amides is 1. The molecule has 1 amide bonds. The summed E-state index contributed by atoms with van der Waals surface area (Å²) >= 11 is 1.85. The molecule has 24 heavy (non-hydrogen) atoms. The molecule has 2 aromatic rings. The zero-order valence-corrected chi connectivity index (χ0v) is 14.7. The van der Waals surface area contributed by atoms with Crippen molar-refractivity contribution >= 4 is 17.2 Å². The molecule has 4 rings (SSSR count). The molecule has 4 nitrogen and oxygen atoms in total. The predicted octanol–water partition coefficient (Wildman–Crippen LogP) is 3.27. The fourth-order valence-electron chi connectivity index (χ4n) is 4.05. The zero-order valence-electron chi connectivity index (χ0n) is 13.9. The molecule has 126 valence electrons. The van der Waals surface area contributed by atoms with E-state index >= 15 is 0 Å². The van der Waals surface area contributed by atoms with Gasteiger partial charge in [-0.3, -0.25) is 14.7 Å². The molecule has 0 aliphatic carbocycles. The van der Waals surface area contributed by atoms with Gasteiger partial charge < -0.3 is 4.90 Å². The highest BCUT2D eigenvalue weighted by Gasteiger charge is 2.41. The molecule has 2 aliphatic rings. The van der Waals surface area contributed by atoms with Crippen LogP contribution in [0.4, 0.5) is 0 Å². The molecule has 0 unspecified atom stereocenters. The summed E-state index contributed by atoms with van der Waals surface area (Å²) in [6.07, 6.45) is 6.90. The second kappa shape index (κ2) is 6.65. The van der Waals surface area contributed by atoms with E-state index in [1.807, 2.05) is 28.4 Å². The first kappa shape index (κ1) is 15.8. The number of hydrogen-bond donors (Lipinski definition) is 0. The molecule has 0 radical (unpaired) electrons.